The molecule has 1 fully saturated rings. The van der Waals surface area contributed by atoms with Gasteiger partial charge in [0.05, 0.1) is 13.2 Å². The van der Waals surface area contributed by atoms with Gasteiger partial charge in [0.25, 0.3) is 5.91 Å². The van der Waals surface area contributed by atoms with Crippen molar-refractivity contribution in [1.29, 1.82) is 0 Å². The average Bonchev–Trinajstić information content (AvgIpc) is 2.34. The average molecular weight is 241 g/mol. The molecule has 0 atom stereocenters. The second-order valence-corrected chi connectivity index (χ2v) is 4.51. The van der Waals surface area contributed by atoms with E-state index in [0.717, 1.165) is 12.8 Å². The molecule has 0 aromatic heterocycles. The Labute approximate surface area is 103 Å². The van der Waals surface area contributed by atoms with Gasteiger partial charge in [0.1, 0.15) is 6.61 Å². The fraction of sp³-hybridized carbons (Fsp3) is 0.846. The van der Waals surface area contributed by atoms with Gasteiger partial charge < -0.3 is 4.74 Å². The molecule has 0 radical (unpaired) electrons. The summed E-state index contributed by atoms with van der Waals surface area (Å²) in [6.07, 6.45) is 7.44. The summed E-state index contributed by atoms with van der Waals surface area (Å²) in [6, 6.07) is 0. The van der Waals surface area contributed by atoms with Gasteiger partial charge in [-0.3, -0.25) is 14.5 Å². The first-order valence-corrected chi connectivity index (χ1v) is 6.66. The summed E-state index contributed by atoms with van der Waals surface area (Å²) in [6.45, 7) is 3.15. The summed E-state index contributed by atoms with van der Waals surface area (Å²) in [7, 11) is 0. The molecule has 1 rings (SSSR count). The van der Waals surface area contributed by atoms with E-state index in [4.69, 9.17) is 4.74 Å². The maximum absolute atomic E-state index is 11.7. The number of hydrogen-bond donors (Lipinski definition) is 0. The number of morpholine rings is 1. The number of rotatable bonds is 7. The van der Waals surface area contributed by atoms with E-state index in [0.29, 0.717) is 19.6 Å². The summed E-state index contributed by atoms with van der Waals surface area (Å²) in [4.78, 5) is 24.5. The second-order valence-electron chi connectivity index (χ2n) is 4.51. The molecular weight excluding hydrogens is 218 g/mol. The first-order chi connectivity index (χ1) is 8.25. The normalized spacial score (nSPS) is 16.3. The van der Waals surface area contributed by atoms with E-state index in [9.17, 15) is 9.59 Å². The number of unbranched alkanes of at least 4 members (excludes halogenated alkanes) is 5. The Hall–Kier alpha value is -0.900. The Morgan fingerprint density at radius 1 is 1.24 bits per heavy atom. The van der Waals surface area contributed by atoms with Gasteiger partial charge in [-0.15, -0.1) is 0 Å². The van der Waals surface area contributed by atoms with Crippen molar-refractivity contribution in [2.45, 2.75) is 51.9 Å². The van der Waals surface area contributed by atoms with Gasteiger partial charge in [-0.25, -0.2) is 0 Å². The topological polar surface area (TPSA) is 46.6 Å². The third-order valence-electron chi connectivity index (χ3n) is 3.03. The number of amides is 2. The molecule has 0 N–H and O–H groups in total. The molecule has 0 aliphatic carbocycles. The minimum atomic E-state index is -0.188. The van der Waals surface area contributed by atoms with Crippen molar-refractivity contribution in [2.75, 3.05) is 19.8 Å². The highest BCUT2D eigenvalue weighted by Gasteiger charge is 2.23. The molecular formula is C13H23NO3. The molecule has 0 aromatic carbocycles. The molecule has 98 valence electrons. The van der Waals surface area contributed by atoms with E-state index in [-0.39, 0.29) is 18.4 Å². The summed E-state index contributed by atoms with van der Waals surface area (Å²) in [5.74, 6) is -0.221. The zero-order valence-corrected chi connectivity index (χ0v) is 10.7. The van der Waals surface area contributed by atoms with Crippen molar-refractivity contribution in [3.8, 4) is 0 Å². The number of imide groups is 1. The molecule has 17 heavy (non-hydrogen) atoms. The Morgan fingerprint density at radius 2 is 1.94 bits per heavy atom. The molecule has 2 amide bonds. The molecule has 4 nitrogen and oxygen atoms in total. The van der Waals surface area contributed by atoms with E-state index in [1.54, 1.807) is 0 Å². The molecule has 0 bridgehead atoms. The highest BCUT2D eigenvalue weighted by Crippen LogP contribution is 2.09. The Morgan fingerprint density at radius 3 is 2.65 bits per heavy atom. The van der Waals surface area contributed by atoms with Crippen LogP contribution in [0.3, 0.4) is 0 Å². The largest absolute Gasteiger partial charge is 0.370 e. The highest BCUT2D eigenvalue weighted by molar-refractivity contribution is 5.96. The molecule has 1 aliphatic rings. The monoisotopic (exact) mass is 241 g/mol. The van der Waals surface area contributed by atoms with Gasteiger partial charge in [-0.05, 0) is 6.42 Å². The SMILES string of the molecule is CCCCCCCCC(=O)N1CCOCC1=O. The van der Waals surface area contributed by atoms with Crippen LogP contribution in [0.4, 0.5) is 0 Å². The zero-order chi connectivity index (χ0) is 12.5. The third-order valence-corrected chi connectivity index (χ3v) is 3.03. The molecule has 0 spiro atoms. The zero-order valence-electron chi connectivity index (χ0n) is 10.7. The van der Waals surface area contributed by atoms with Crippen molar-refractivity contribution in [2.24, 2.45) is 0 Å². The van der Waals surface area contributed by atoms with Crippen molar-refractivity contribution in [3.05, 3.63) is 0 Å². The van der Waals surface area contributed by atoms with E-state index >= 15 is 0 Å². The van der Waals surface area contributed by atoms with Gasteiger partial charge in [0.15, 0.2) is 0 Å². The predicted molar refractivity (Wildman–Crippen MR) is 65.5 cm³/mol. The number of hydrogen-bond acceptors (Lipinski definition) is 3. The van der Waals surface area contributed by atoms with Gasteiger partial charge >= 0.3 is 0 Å². The quantitative estimate of drug-likeness (QED) is 0.641. The van der Waals surface area contributed by atoms with Gasteiger partial charge in [0, 0.05) is 6.42 Å². The maximum atomic E-state index is 11.7. The summed E-state index contributed by atoms with van der Waals surface area (Å²) in [5, 5.41) is 0. The van der Waals surface area contributed by atoms with Crippen LogP contribution in [0.1, 0.15) is 51.9 Å². The fourth-order valence-electron chi connectivity index (χ4n) is 1.97. The van der Waals surface area contributed by atoms with Crippen molar-refractivity contribution < 1.29 is 14.3 Å². The lowest BCUT2D eigenvalue weighted by molar-refractivity contribution is -0.153. The lowest BCUT2D eigenvalue weighted by Crippen LogP contribution is -2.45. The van der Waals surface area contributed by atoms with Crippen LogP contribution >= 0.6 is 0 Å². The third kappa shape index (κ3) is 5.31. The van der Waals surface area contributed by atoms with E-state index in [1.165, 1.54) is 30.6 Å². The summed E-state index contributed by atoms with van der Waals surface area (Å²) >= 11 is 0. The van der Waals surface area contributed by atoms with Crippen LogP contribution in [-0.4, -0.2) is 36.5 Å². The Bertz CT molecular complexity index is 253. The van der Waals surface area contributed by atoms with Crippen LogP contribution in [0.2, 0.25) is 0 Å². The number of carbonyl (C=O) groups is 2. The van der Waals surface area contributed by atoms with Crippen molar-refractivity contribution in [1.82, 2.24) is 4.90 Å². The standard InChI is InChI=1S/C13H23NO3/c1-2-3-4-5-6-7-8-12(15)14-9-10-17-11-13(14)16/h2-11H2,1H3. The molecule has 0 unspecified atom stereocenters. The van der Waals surface area contributed by atoms with Gasteiger partial charge in [-0.1, -0.05) is 39.0 Å². The molecule has 1 saturated heterocycles. The molecule has 4 heteroatoms. The Balaban J connectivity index is 2.09. The molecule has 0 aromatic rings. The van der Waals surface area contributed by atoms with E-state index in [1.807, 2.05) is 0 Å². The Kier molecular flexibility index (Phi) is 6.86. The number of nitrogens with zero attached hydrogens (tertiary/aromatic N) is 1. The number of ether oxygens (including phenoxy) is 1. The molecule has 1 aliphatic heterocycles. The predicted octanol–water partition coefficient (Wildman–Crippen LogP) is 2.12. The fourth-order valence-corrected chi connectivity index (χ4v) is 1.97. The van der Waals surface area contributed by atoms with Crippen molar-refractivity contribution >= 4 is 11.8 Å². The van der Waals surface area contributed by atoms with Gasteiger partial charge in [0.2, 0.25) is 5.91 Å². The van der Waals surface area contributed by atoms with Crippen LogP contribution < -0.4 is 0 Å². The first kappa shape index (κ1) is 14.2. The van der Waals surface area contributed by atoms with Gasteiger partial charge in [-0.2, -0.15) is 0 Å². The lowest BCUT2D eigenvalue weighted by Gasteiger charge is -2.24. The highest BCUT2D eigenvalue weighted by atomic mass is 16.5. The first-order valence-electron chi connectivity index (χ1n) is 6.66. The van der Waals surface area contributed by atoms with E-state index in [2.05, 4.69) is 6.92 Å². The summed E-state index contributed by atoms with van der Waals surface area (Å²) < 4.78 is 4.99. The van der Waals surface area contributed by atoms with Crippen molar-refractivity contribution in [3.63, 3.8) is 0 Å². The maximum Gasteiger partial charge on any atom is 0.255 e. The summed E-state index contributed by atoms with van der Waals surface area (Å²) in [5.41, 5.74) is 0. The van der Waals surface area contributed by atoms with Crippen LogP contribution in [0.5, 0.6) is 0 Å². The van der Waals surface area contributed by atoms with Crippen LogP contribution in [0, 0.1) is 0 Å². The lowest BCUT2D eigenvalue weighted by atomic mass is 10.1. The van der Waals surface area contributed by atoms with E-state index < -0.39 is 0 Å². The molecule has 0 saturated carbocycles. The minimum Gasteiger partial charge on any atom is -0.370 e. The molecule has 1 heterocycles. The van der Waals surface area contributed by atoms with Crippen LogP contribution in [-0.2, 0) is 14.3 Å². The smallest absolute Gasteiger partial charge is 0.255 e. The minimum absolute atomic E-state index is 0.0335. The van der Waals surface area contributed by atoms with Crippen LogP contribution in [0.25, 0.3) is 0 Å². The second kappa shape index (κ2) is 8.23. The van der Waals surface area contributed by atoms with Crippen LogP contribution in [0.15, 0.2) is 0 Å². The number of carbonyl (C=O) groups excluding carboxylic acids is 2.